The number of amides is 1. The van der Waals surface area contributed by atoms with Crippen molar-refractivity contribution in [3.63, 3.8) is 0 Å². The van der Waals surface area contributed by atoms with Crippen LogP contribution >= 0.6 is 0 Å². The van der Waals surface area contributed by atoms with Gasteiger partial charge in [-0.25, -0.2) is 4.79 Å². The first-order chi connectivity index (χ1) is 12.9. The standard InChI is InChI=1S/C21H23NO5/c23-19(22-18(21(26)27)14-20(24)25)13-17(11-15-7-3-1-4-8-15)12-16-9-5-2-6-10-16/h1-10,17-18H,11-14H2,(H,22,23)(H,24,25)(H,26,27). The lowest BCUT2D eigenvalue weighted by molar-refractivity contribution is -0.147. The van der Waals surface area contributed by atoms with Gasteiger partial charge in [0.25, 0.3) is 0 Å². The van der Waals surface area contributed by atoms with Gasteiger partial charge >= 0.3 is 11.9 Å². The van der Waals surface area contributed by atoms with Crippen molar-refractivity contribution in [3.8, 4) is 0 Å². The van der Waals surface area contributed by atoms with Crippen LogP contribution in [0.15, 0.2) is 60.7 Å². The van der Waals surface area contributed by atoms with E-state index in [1.165, 1.54) is 0 Å². The van der Waals surface area contributed by atoms with Crippen LogP contribution < -0.4 is 5.32 Å². The fourth-order valence-corrected chi connectivity index (χ4v) is 3.00. The SMILES string of the molecule is O=C(O)CC(NC(=O)CC(Cc1ccccc1)Cc1ccccc1)C(=O)O. The lowest BCUT2D eigenvalue weighted by Crippen LogP contribution is -2.43. The molecule has 0 aliphatic heterocycles. The van der Waals surface area contributed by atoms with Crippen LogP contribution in [0.4, 0.5) is 0 Å². The van der Waals surface area contributed by atoms with Gasteiger partial charge in [0, 0.05) is 6.42 Å². The predicted octanol–water partition coefficient (Wildman–Crippen LogP) is 2.52. The number of nitrogens with one attached hydrogen (secondary N) is 1. The first-order valence-electron chi connectivity index (χ1n) is 8.76. The molecule has 0 radical (unpaired) electrons. The molecule has 0 bridgehead atoms. The molecule has 27 heavy (non-hydrogen) atoms. The van der Waals surface area contributed by atoms with E-state index in [0.29, 0.717) is 12.8 Å². The minimum atomic E-state index is -1.43. The van der Waals surface area contributed by atoms with Gasteiger partial charge in [0.1, 0.15) is 6.04 Å². The first kappa shape index (κ1) is 20.2. The topological polar surface area (TPSA) is 104 Å². The van der Waals surface area contributed by atoms with E-state index in [1.54, 1.807) is 0 Å². The van der Waals surface area contributed by atoms with E-state index < -0.39 is 30.3 Å². The minimum absolute atomic E-state index is 0.0333. The molecule has 142 valence electrons. The van der Waals surface area contributed by atoms with Gasteiger partial charge in [-0.3, -0.25) is 9.59 Å². The Labute approximate surface area is 157 Å². The molecule has 1 amide bonds. The van der Waals surface area contributed by atoms with E-state index in [2.05, 4.69) is 5.32 Å². The number of carbonyl (C=O) groups excluding carboxylic acids is 1. The molecule has 0 spiro atoms. The fraction of sp³-hybridized carbons (Fsp3) is 0.286. The third kappa shape index (κ3) is 7.32. The molecule has 6 heteroatoms. The summed E-state index contributed by atoms with van der Waals surface area (Å²) < 4.78 is 0. The van der Waals surface area contributed by atoms with Crippen LogP contribution in [-0.4, -0.2) is 34.1 Å². The van der Waals surface area contributed by atoms with Crippen molar-refractivity contribution in [1.29, 1.82) is 0 Å². The Balaban J connectivity index is 2.06. The van der Waals surface area contributed by atoms with Crippen molar-refractivity contribution in [2.24, 2.45) is 5.92 Å². The Hall–Kier alpha value is -3.15. The van der Waals surface area contributed by atoms with Crippen molar-refractivity contribution in [3.05, 3.63) is 71.8 Å². The smallest absolute Gasteiger partial charge is 0.326 e. The van der Waals surface area contributed by atoms with Crippen LogP contribution in [0.1, 0.15) is 24.0 Å². The highest BCUT2D eigenvalue weighted by Crippen LogP contribution is 2.18. The fourth-order valence-electron chi connectivity index (χ4n) is 3.00. The summed E-state index contributed by atoms with van der Waals surface area (Å²) in [6.45, 7) is 0. The van der Waals surface area contributed by atoms with Gasteiger partial charge < -0.3 is 15.5 Å². The molecule has 1 unspecified atom stereocenters. The summed E-state index contributed by atoms with van der Waals surface area (Å²) in [5.74, 6) is -3.11. The molecule has 1 atom stereocenters. The number of carboxylic acids is 2. The number of hydrogen-bond donors (Lipinski definition) is 3. The molecule has 3 N–H and O–H groups in total. The normalized spacial score (nSPS) is 11.7. The van der Waals surface area contributed by atoms with E-state index in [9.17, 15) is 14.4 Å². The Morgan fingerprint density at radius 3 is 1.67 bits per heavy atom. The van der Waals surface area contributed by atoms with Crippen LogP contribution in [0.5, 0.6) is 0 Å². The third-order valence-corrected chi connectivity index (χ3v) is 4.22. The zero-order valence-electron chi connectivity index (χ0n) is 14.9. The maximum atomic E-state index is 12.4. The molecule has 2 aromatic rings. The molecule has 0 fully saturated rings. The molecule has 0 saturated heterocycles. The van der Waals surface area contributed by atoms with Crippen LogP contribution in [0, 0.1) is 5.92 Å². The molecular formula is C21H23NO5. The number of benzene rings is 2. The molecular weight excluding hydrogens is 346 g/mol. The summed E-state index contributed by atoms with van der Waals surface area (Å²) in [5, 5.41) is 20.2. The highest BCUT2D eigenvalue weighted by atomic mass is 16.4. The molecule has 6 nitrogen and oxygen atoms in total. The van der Waals surface area contributed by atoms with Crippen LogP contribution in [0.2, 0.25) is 0 Å². The van der Waals surface area contributed by atoms with E-state index in [-0.39, 0.29) is 12.3 Å². The van der Waals surface area contributed by atoms with Crippen LogP contribution in [0.25, 0.3) is 0 Å². The summed E-state index contributed by atoms with van der Waals surface area (Å²) in [6, 6.07) is 18.1. The molecule has 2 aromatic carbocycles. The Kier molecular flexibility index (Phi) is 7.55. The van der Waals surface area contributed by atoms with Gasteiger partial charge in [0.2, 0.25) is 5.91 Å². The van der Waals surface area contributed by atoms with Crippen molar-refractivity contribution < 1.29 is 24.6 Å². The maximum Gasteiger partial charge on any atom is 0.326 e. The lowest BCUT2D eigenvalue weighted by Gasteiger charge is -2.19. The molecule has 0 aliphatic rings. The number of carboxylic acid groups (broad SMARTS) is 2. The monoisotopic (exact) mass is 369 g/mol. The first-order valence-corrected chi connectivity index (χ1v) is 8.76. The zero-order chi connectivity index (χ0) is 19.6. The highest BCUT2D eigenvalue weighted by molar-refractivity contribution is 5.86. The molecule has 2 rings (SSSR count). The molecule has 0 saturated carbocycles. The highest BCUT2D eigenvalue weighted by Gasteiger charge is 2.24. The van der Waals surface area contributed by atoms with Crippen molar-refractivity contribution in [2.45, 2.75) is 31.7 Å². The number of carbonyl (C=O) groups is 3. The number of rotatable bonds is 10. The molecule has 0 aliphatic carbocycles. The van der Waals surface area contributed by atoms with Gasteiger partial charge in [-0.15, -0.1) is 0 Å². The second kappa shape index (κ2) is 10.1. The summed E-state index contributed by atoms with van der Waals surface area (Å²) in [4.78, 5) is 34.3. The second-order valence-corrected chi connectivity index (χ2v) is 6.51. The van der Waals surface area contributed by atoms with E-state index >= 15 is 0 Å². The quantitative estimate of drug-likeness (QED) is 0.597. The van der Waals surface area contributed by atoms with Gasteiger partial charge in [-0.2, -0.15) is 0 Å². The average Bonchev–Trinajstić information content (AvgIpc) is 2.62. The molecule has 0 heterocycles. The average molecular weight is 369 g/mol. The van der Waals surface area contributed by atoms with Crippen molar-refractivity contribution in [2.75, 3.05) is 0 Å². The molecule has 0 aromatic heterocycles. The van der Waals surface area contributed by atoms with Gasteiger partial charge in [0.05, 0.1) is 6.42 Å². The van der Waals surface area contributed by atoms with E-state index in [4.69, 9.17) is 10.2 Å². The Morgan fingerprint density at radius 2 is 1.26 bits per heavy atom. The summed E-state index contributed by atoms with van der Waals surface area (Å²) in [7, 11) is 0. The number of aliphatic carboxylic acids is 2. The van der Waals surface area contributed by atoms with Crippen LogP contribution in [-0.2, 0) is 27.2 Å². The third-order valence-electron chi connectivity index (χ3n) is 4.22. The Morgan fingerprint density at radius 1 is 0.778 bits per heavy atom. The number of hydrogen-bond acceptors (Lipinski definition) is 3. The van der Waals surface area contributed by atoms with Crippen molar-refractivity contribution in [1.82, 2.24) is 5.32 Å². The van der Waals surface area contributed by atoms with Crippen LogP contribution in [0.3, 0.4) is 0 Å². The zero-order valence-corrected chi connectivity index (χ0v) is 14.9. The summed E-state index contributed by atoms with van der Waals surface area (Å²) >= 11 is 0. The predicted molar refractivity (Wildman–Crippen MR) is 100 cm³/mol. The van der Waals surface area contributed by atoms with E-state index in [1.807, 2.05) is 60.7 Å². The second-order valence-electron chi connectivity index (χ2n) is 6.51. The van der Waals surface area contributed by atoms with Crippen molar-refractivity contribution >= 4 is 17.8 Å². The summed E-state index contributed by atoms with van der Waals surface area (Å²) in [5.41, 5.74) is 2.18. The van der Waals surface area contributed by atoms with Gasteiger partial charge in [0.15, 0.2) is 0 Å². The lowest BCUT2D eigenvalue weighted by atomic mass is 9.89. The summed E-state index contributed by atoms with van der Waals surface area (Å²) in [6.07, 6.45) is 0.802. The largest absolute Gasteiger partial charge is 0.481 e. The minimum Gasteiger partial charge on any atom is -0.481 e. The van der Waals surface area contributed by atoms with Gasteiger partial charge in [-0.1, -0.05) is 60.7 Å². The maximum absolute atomic E-state index is 12.4. The van der Waals surface area contributed by atoms with Gasteiger partial charge in [-0.05, 0) is 29.9 Å². The van der Waals surface area contributed by atoms with E-state index in [0.717, 1.165) is 11.1 Å². The Bertz CT molecular complexity index is 719.